The van der Waals surface area contributed by atoms with Gasteiger partial charge in [0.2, 0.25) is 5.91 Å². The van der Waals surface area contributed by atoms with E-state index in [1.165, 1.54) is 0 Å². The summed E-state index contributed by atoms with van der Waals surface area (Å²) in [5, 5.41) is 9.40. The fourth-order valence-electron chi connectivity index (χ4n) is 6.54. The van der Waals surface area contributed by atoms with Crippen molar-refractivity contribution in [1.82, 2.24) is 9.80 Å². The zero-order valence-corrected chi connectivity index (χ0v) is 21.9. The molecule has 0 saturated carbocycles. The van der Waals surface area contributed by atoms with E-state index in [0.717, 1.165) is 55.6 Å². The molecular weight excluding hydrogens is 477 g/mol. The molecule has 3 N–H and O–H groups in total. The quantitative estimate of drug-likeness (QED) is 0.445. The SMILES string of the molecule is NC(=O)C(c1ccccc1)(c1ccccc1)C1CCN(Cc2cccc(CN3CCC(CO)CC3)c2F)C1. The van der Waals surface area contributed by atoms with Crippen LogP contribution in [0.1, 0.15) is 41.5 Å². The van der Waals surface area contributed by atoms with Gasteiger partial charge in [0.25, 0.3) is 0 Å². The van der Waals surface area contributed by atoms with Crippen molar-refractivity contribution in [3.05, 3.63) is 107 Å². The molecule has 0 bridgehead atoms. The summed E-state index contributed by atoms with van der Waals surface area (Å²) in [6, 6.07) is 25.4. The largest absolute Gasteiger partial charge is 0.396 e. The molecule has 0 aliphatic carbocycles. The fourth-order valence-corrected chi connectivity index (χ4v) is 6.54. The molecule has 0 radical (unpaired) electrons. The van der Waals surface area contributed by atoms with Crippen molar-refractivity contribution in [1.29, 1.82) is 0 Å². The molecular formula is C32H38FN3O2. The van der Waals surface area contributed by atoms with Gasteiger partial charge in [-0.05, 0) is 61.9 Å². The van der Waals surface area contributed by atoms with Crippen LogP contribution >= 0.6 is 0 Å². The van der Waals surface area contributed by atoms with Gasteiger partial charge in [-0.25, -0.2) is 4.39 Å². The van der Waals surface area contributed by atoms with Crippen LogP contribution < -0.4 is 5.73 Å². The van der Waals surface area contributed by atoms with Gasteiger partial charge >= 0.3 is 0 Å². The number of hydrogen-bond donors (Lipinski definition) is 2. The highest BCUT2D eigenvalue weighted by molar-refractivity contribution is 5.91. The minimum Gasteiger partial charge on any atom is -0.396 e. The number of benzene rings is 3. The van der Waals surface area contributed by atoms with Gasteiger partial charge in [-0.15, -0.1) is 0 Å². The molecule has 1 unspecified atom stereocenters. The fraction of sp³-hybridized carbons (Fsp3) is 0.406. The first-order valence-electron chi connectivity index (χ1n) is 13.7. The summed E-state index contributed by atoms with van der Waals surface area (Å²) in [5.74, 6) is -0.138. The van der Waals surface area contributed by atoms with Crippen LogP contribution in [0.5, 0.6) is 0 Å². The Bertz CT molecular complexity index is 1170. The Morgan fingerprint density at radius 3 is 1.87 bits per heavy atom. The maximum absolute atomic E-state index is 15.6. The van der Waals surface area contributed by atoms with Crippen LogP contribution in [0.2, 0.25) is 0 Å². The van der Waals surface area contributed by atoms with Crippen molar-refractivity contribution >= 4 is 5.91 Å². The molecule has 0 aromatic heterocycles. The Hall–Kier alpha value is -3.06. The lowest BCUT2D eigenvalue weighted by Crippen LogP contribution is -2.49. The monoisotopic (exact) mass is 515 g/mol. The van der Waals surface area contributed by atoms with E-state index in [2.05, 4.69) is 9.80 Å². The molecule has 6 heteroatoms. The molecule has 2 heterocycles. The number of likely N-dealkylation sites (tertiary alicyclic amines) is 2. The average Bonchev–Trinajstić information content (AvgIpc) is 3.41. The van der Waals surface area contributed by atoms with Crippen molar-refractivity contribution in [3.63, 3.8) is 0 Å². The molecule has 2 saturated heterocycles. The molecule has 2 fully saturated rings. The number of aliphatic hydroxyl groups excluding tert-OH is 1. The Kier molecular flexibility index (Phi) is 8.22. The highest BCUT2D eigenvalue weighted by Crippen LogP contribution is 2.44. The maximum atomic E-state index is 15.6. The summed E-state index contributed by atoms with van der Waals surface area (Å²) in [6.07, 6.45) is 2.71. The number of nitrogens with zero attached hydrogens (tertiary/aromatic N) is 2. The topological polar surface area (TPSA) is 69.8 Å². The number of aliphatic hydroxyl groups is 1. The van der Waals surface area contributed by atoms with Crippen molar-refractivity contribution in [3.8, 4) is 0 Å². The van der Waals surface area contributed by atoms with Gasteiger partial charge in [0.15, 0.2) is 0 Å². The van der Waals surface area contributed by atoms with Crippen molar-refractivity contribution < 1.29 is 14.3 Å². The number of rotatable bonds is 9. The predicted molar refractivity (Wildman–Crippen MR) is 148 cm³/mol. The van der Waals surface area contributed by atoms with E-state index >= 15 is 4.39 Å². The van der Waals surface area contributed by atoms with E-state index in [1.54, 1.807) is 0 Å². The number of carbonyl (C=O) groups excluding carboxylic acids is 1. The van der Waals surface area contributed by atoms with Gasteiger partial charge in [-0.2, -0.15) is 0 Å². The highest BCUT2D eigenvalue weighted by atomic mass is 19.1. The molecule has 5 nitrogen and oxygen atoms in total. The van der Waals surface area contributed by atoms with E-state index in [-0.39, 0.29) is 24.2 Å². The maximum Gasteiger partial charge on any atom is 0.232 e. The molecule has 200 valence electrons. The van der Waals surface area contributed by atoms with Crippen LogP contribution in [-0.2, 0) is 23.3 Å². The molecule has 1 amide bonds. The first-order chi connectivity index (χ1) is 18.5. The lowest BCUT2D eigenvalue weighted by atomic mass is 9.64. The van der Waals surface area contributed by atoms with Gasteiger partial charge in [0, 0.05) is 37.4 Å². The average molecular weight is 516 g/mol. The van der Waals surface area contributed by atoms with Crippen LogP contribution in [0.3, 0.4) is 0 Å². The second-order valence-corrected chi connectivity index (χ2v) is 10.9. The highest BCUT2D eigenvalue weighted by Gasteiger charge is 2.49. The molecule has 38 heavy (non-hydrogen) atoms. The molecule has 3 aromatic carbocycles. The third kappa shape index (κ3) is 5.26. The summed E-state index contributed by atoms with van der Waals surface area (Å²) in [5.41, 5.74) is 8.51. The van der Waals surface area contributed by atoms with Gasteiger partial charge in [0.05, 0.1) is 0 Å². The molecule has 2 aliphatic rings. The van der Waals surface area contributed by atoms with E-state index < -0.39 is 5.41 Å². The number of carbonyl (C=O) groups is 1. The number of hydrogen-bond acceptors (Lipinski definition) is 4. The van der Waals surface area contributed by atoms with Crippen molar-refractivity contribution in [2.75, 3.05) is 32.8 Å². The van der Waals surface area contributed by atoms with Gasteiger partial charge in [-0.3, -0.25) is 14.6 Å². The lowest BCUT2D eigenvalue weighted by Gasteiger charge is -2.37. The van der Waals surface area contributed by atoms with Crippen LogP contribution in [0.15, 0.2) is 78.9 Å². The summed E-state index contributed by atoms with van der Waals surface area (Å²) in [6.45, 7) is 4.53. The van der Waals surface area contributed by atoms with Gasteiger partial charge in [-0.1, -0.05) is 78.9 Å². The Balaban J connectivity index is 1.35. The van der Waals surface area contributed by atoms with E-state index in [4.69, 9.17) is 5.73 Å². The number of primary amides is 1. The smallest absolute Gasteiger partial charge is 0.232 e. The zero-order valence-electron chi connectivity index (χ0n) is 21.9. The standard InChI is InChI=1S/C32H38FN3O2/c33-30-25(20-35-17-14-24(23-37)15-18-35)8-7-9-26(30)21-36-19-16-29(22-36)32(31(34)38,27-10-3-1-4-11-27)28-12-5-2-6-13-28/h1-13,24,29,37H,14-23H2,(H2,34,38). The van der Waals surface area contributed by atoms with Crippen LogP contribution in [-0.4, -0.2) is 53.6 Å². The lowest BCUT2D eigenvalue weighted by molar-refractivity contribution is -0.123. The zero-order chi connectivity index (χ0) is 26.5. The van der Waals surface area contributed by atoms with E-state index in [9.17, 15) is 9.90 Å². The number of amides is 1. The normalized spacial score (nSPS) is 19.6. The minimum absolute atomic E-state index is 0.0242. The summed E-state index contributed by atoms with van der Waals surface area (Å²) >= 11 is 0. The molecule has 3 aromatic rings. The second kappa shape index (κ2) is 11.8. The number of halogens is 1. The Labute approximate surface area is 225 Å². The minimum atomic E-state index is -0.946. The molecule has 1 atom stereocenters. The van der Waals surface area contributed by atoms with Crippen LogP contribution in [0.25, 0.3) is 0 Å². The number of piperidine rings is 1. The van der Waals surface area contributed by atoms with Crippen molar-refractivity contribution in [2.45, 2.75) is 37.8 Å². The summed E-state index contributed by atoms with van der Waals surface area (Å²) in [7, 11) is 0. The first kappa shape index (κ1) is 26.5. The van der Waals surface area contributed by atoms with E-state index in [1.807, 2.05) is 78.9 Å². The second-order valence-electron chi connectivity index (χ2n) is 10.9. The molecule has 2 aliphatic heterocycles. The third-order valence-electron chi connectivity index (χ3n) is 8.64. The summed E-state index contributed by atoms with van der Waals surface area (Å²) < 4.78 is 15.6. The predicted octanol–water partition coefficient (Wildman–Crippen LogP) is 4.32. The van der Waals surface area contributed by atoms with Gasteiger partial charge in [0.1, 0.15) is 11.2 Å². The first-order valence-corrected chi connectivity index (χ1v) is 13.7. The van der Waals surface area contributed by atoms with Crippen LogP contribution in [0.4, 0.5) is 4.39 Å². The Morgan fingerprint density at radius 2 is 1.34 bits per heavy atom. The molecule has 0 spiro atoms. The molecule has 5 rings (SSSR count). The summed E-state index contributed by atoms with van der Waals surface area (Å²) in [4.78, 5) is 17.9. The number of nitrogens with two attached hydrogens (primary N) is 1. The van der Waals surface area contributed by atoms with E-state index in [0.29, 0.717) is 31.1 Å². The third-order valence-corrected chi connectivity index (χ3v) is 8.64. The van der Waals surface area contributed by atoms with Crippen LogP contribution in [0, 0.1) is 17.7 Å². The van der Waals surface area contributed by atoms with Crippen molar-refractivity contribution in [2.24, 2.45) is 17.6 Å². The Morgan fingerprint density at radius 1 is 0.816 bits per heavy atom. The van der Waals surface area contributed by atoms with Gasteiger partial charge < -0.3 is 10.8 Å².